The molecule has 1 N–H and O–H groups in total. The van der Waals surface area contributed by atoms with Gasteiger partial charge in [0.2, 0.25) is 0 Å². The molecule has 0 aliphatic carbocycles. The summed E-state index contributed by atoms with van der Waals surface area (Å²) in [7, 11) is 1.38. The number of methoxy groups -OCH3 is 1. The van der Waals surface area contributed by atoms with E-state index in [9.17, 15) is 9.59 Å². The molecule has 1 aromatic carbocycles. The number of aryl methyl sites for hydroxylation is 1. The molecule has 2 aliphatic heterocycles. The van der Waals surface area contributed by atoms with Crippen molar-refractivity contribution < 1.29 is 19.1 Å². The van der Waals surface area contributed by atoms with Crippen molar-refractivity contribution in [3.05, 3.63) is 35.4 Å². The van der Waals surface area contributed by atoms with Gasteiger partial charge in [0, 0.05) is 18.5 Å². The zero-order valence-electron chi connectivity index (χ0n) is 12.9. The maximum absolute atomic E-state index is 12.3. The van der Waals surface area contributed by atoms with Crippen LogP contribution in [0.2, 0.25) is 0 Å². The first-order valence-corrected chi connectivity index (χ1v) is 7.70. The second-order valence-corrected chi connectivity index (χ2v) is 6.14. The Balaban J connectivity index is 1.75. The van der Waals surface area contributed by atoms with Gasteiger partial charge in [0.25, 0.3) is 0 Å². The Morgan fingerprint density at radius 1 is 1.18 bits per heavy atom. The molecule has 5 nitrogen and oxygen atoms in total. The summed E-state index contributed by atoms with van der Waals surface area (Å²) in [5, 5.41) is 3.41. The van der Waals surface area contributed by atoms with E-state index in [1.165, 1.54) is 7.11 Å². The number of carbonyl (C=O) groups is 2. The van der Waals surface area contributed by atoms with Crippen molar-refractivity contribution >= 4 is 11.9 Å². The van der Waals surface area contributed by atoms with E-state index < -0.39 is 12.0 Å². The average Bonchev–Trinajstić information content (AvgIpc) is 2.89. The molecule has 5 heteroatoms. The van der Waals surface area contributed by atoms with Crippen LogP contribution >= 0.6 is 0 Å². The molecule has 0 unspecified atom stereocenters. The average molecular weight is 303 g/mol. The van der Waals surface area contributed by atoms with Crippen LogP contribution in [0.4, 0.5) is 0 Å². The van der Waals surface area contributed by atoms with Gasteiger partial charge in [-0.3, -0.25) is 4.79 Å². The molecule has 0 spiro atoms. The molecule has 2 heterocycles. The molecule has 0 saturated carbocycles. The van der Waals surface area contributed by atoms with Gasteiger partial charge in [-0.05, 0) is 31.9 Å². The number of ether oxygens (including phenoxy) is 2. The fourth-order valence-electron chi connectivity index (χ4n) is 3.47. The molecule has 22 heavy (non-hydrogen) atoms. The molecule has 2 bridgehead atoms. The molecule has 118 valence electrons. The van der Waals surface area contributed by atoms with Gasteiger partial charge < -0.3 is 14.8 Å². The van der Waals surface area contributed by atoms with Crippen LogP contribution in [-0.2, 0) is 14.3 Å². The minimum absolute atomic E-state index is 0.0435. The van der Waals surface area contributed by atoms with Crippen LogP contribution in [0.5, 0.6) is 0 Å². The molecule has 0 aromatic heterocycles. The predicted molar refractivity (Wildman–Crippen MR) is 80.5 cm³/mol. The van der Waals surface area contributed by atoms with Crippen molar-refractivity contribution in [2.45, 2.75) is 44.4 Å². The molecule has 2 fully saturated rings. The number of hydrogen-bond acceptors (Lipinski definition) is 5. The highest BCUT2D eigenvalue weighted by Crippen LogP contribution is 2.34. The molecular weight excluding hydrogens is 282 g/mol. The topological polar surface area (TPSA) is 64.6 Å². The molecular formula is C17H21NO4. The van der Waals surface area contributed by atoms with Crippen LogP contribution in [0.15, 0.2) is 24.3 Å². The van der Waals surface area contributed by atoms with Crippen molar-refractivity contribution in [1.29, 1.82) is 0 Å². The lowest BCUT2D eigenvalue weighted by atomic mass is 9.89. The maximum atomic E-state index is 12.3. The highest BCUT2D eigenvalue weighted by atomic mass is 16.6. The van der Waals surface area contributed by atoms with E-state index in [1.54, 1.807) is 12.1 Å². The molecule has 3 rings (SSSR count). The quantitative estimate of drug-likeness (QED) is 0.863. The standard InChI is InChI=1S/C17H21NO4/c1-10-3-5-11(6-4-10)16(19)22-14-9-12-7-8-13(18-12)15(14)17(20)21-2/h3-6,12-15,18H,7-9H2,1-2H3/t12-,13+,14+,15+/m0/s1. The first-order chi connectivity index (χ1) is 10.6. The highest BCUT2D eigenvalue weighted by molar-refractivity contribution is 5.89. The lowest BCUT2D eigenvalue weighted by molar-refractivity contribution is -0.152. The predicted octanol–water partition coefficient (Wildman–Crippen LogP) is 1.83. The van der Waals surface area contributed by atoms with E-state index >= 15 is 0 Å². The number of piperidine rings is 1. The summed E-state index contributed by atoms with van der Waals surface area (Å²) in [5.41, 5.74) is 1.60. The first-order valence-electron chi connectivity index (χ1n) is 7.70. The Labute approximate surface area is 130 Å². The first kappa shape index (κ1) is 15.0. The van der Waals surface area contributed by atoms with Gasteiger partial charge >= 0.3 is 11.9 Å². The van der Waals surface area contributed by atoms with Crippen molar-refractivity contribution in [2.75, 3.05) is 7.11 Å². The second kappa shape index (κ2) is 6.08. The Morgan fingerprint density at radius 2 is 1.91 bits per heavy atom. The summed E-state index contributed by atoms with van der Waals surface area (Å²) >= 11 is 0. The minimum atomic E-state index is -0.418. The van der Waals surface area contributed by atoms with Gasteiger partial charge in [0.15, 0.2) is 0 Å². The third kappa shape index (κ3) is 2.86. The number of esters is 2. The van der Waals surface area contributed by atoms with Crippen LogP contribution in [0, 0.1) is 12.8 Å². The summed E-state index contributed by atoms with van der Waals surface area (Å²) in [4.78, 5) is 24.4. The lowest BCUT2D eigenvalue weighted by Gasteiger charge is -2.35. The van der Waals surface area contributed by atoms with Gasteiger partial charge in [0.1, 0.15) is 12.0 Å². The van der Waals surface area contributed by atoms with E-state index in [-0.39, 0.29) is 18.0 Å². The van der Waals surface area contributed by atoms with Crippen molar-refractivity contribution in [3.63, 3.8) is 0 Å². The smallest absolute Gasteiger partial charge is 0.338 e. The van der Waals surface area contributed by atoms with E-state index in [2.05, 4.69) is 5.32 Å². The highest BCUT2D eigenvalue weighted by Gasteiger charge is 2.47. The summed E-state index contributed by atoms with van der Waals surface area (Å²) in [6, 6.07) is 7.62. The molecule has 1 aromatic rings. The third-order valence-corrected chi connectivity index (χ3v) is 4.65. The Morgan fingerprint density at radius 3 is 2.59 bits per heavy atom. The number of hydrogen-bond donors (Lipinski definition) is 1. The summed E-state index contributed by atoms with van der Waals surface area (Å²) in [5.74, 6) is -1.10. The van der Waals surface area contributed by atoms with Gasteiger partial charge in [-0.1, -0.05) is 17.7 Å². The molecule has 2 aliphatic rings. The normalized spacial score (nSPS) is 29.9. The zero-order valence-corrected chi connectivity index (χ0v) is 12.9. The summed E-state index contributed by atoms with van der Waals surface area (Å²) < 4.78 is 10.6. The van der Waals surface area contributed by atoms with E-state index in [1.807, 2.05) is 19.1 Å². The monoisotopic (exact) mass is 303 g/mol. The minimum Gasteiger partial charge on any atom is -0.469 e. The van der Waals surface area contributed by atoms with Crippen LogP contribution in [0.25, 0.3) is 0 Å². The van der Waals surface area contributed by atoms with Crippen LogP contribution in [0.1, 0.15) is 35.2 Å². The molecule has 0 radical (unpaired) electrons. The van der Waals surface area contributed by atoms with E-state index in [4.69, 9.17) is 9.47 Å². The van der Waals surface area contributed by atoms with Gasteiger partial charge in [-0.25, -0.2) is 4.79 Å². The number of rotatable bonds is 3. The Kier molecular flexibility index (Phi) is 4.16. The zero-order chi connectivity index (χ0) is 15.7. The van der Waals surface area contributed by atoms with E-state index in [0.29, 0.717) is 18.0 Å². The van der Waals surface area contributed by atoms with Crippen LogP contribution in [-0.4, -0.2) is 37.2 Å². The Bertz CT molecular complexity index is 569. The molecule has 2 saturated heterocycles. The van der Waals surface area contributed by atoms with Crippen molar-refractivity contribution in [3.8, 4) is 0 Å². The fraction of sp³-hybridized carbons (Fsp3) is 0.529. The second-order valence-electron chi connectivity index (χ2n) is 6.14. The lowest BCUT2D eigenvalue weighted by Crippen LogP contribution is -2.53. The number of benzene rings is 1. The largest absolute Gasteiger partial charge is 0.469 e. The number of carbonyl (C=O) groups excluding carboxylic acids is 2. The van der Waals surface area contributed by atoms with Gasteiger partial charge in [0.05, 0.1) is 12.7 Å². The third-order valence-electron chi connectivity index (χ3n) is 4.65. The molecule has 0 amide bonds. The van der Waals surface area contributed by atoms with Gasteiger partial charge in [-0.2, -0.15) is 0 Å². The van der Waals surface area contributed by atoms with Gasteiger partial charge in [-0.15, -0.1) is 0 Å². The van der Waals surface area contributed by atoms with Crippen LogP contribution < -0.4 is 5.32 Å². The maximum Gasteiger partial charge on any atom is 0.338 e. The fourth-order valence-corrected chi connectivity index (χ4v) is 3.47. The van der Waals surface area contributed by atoms with E-state index in [0.717, 1.165) is 18.4 Å². The SMILES string of the molecule is COC(=O)[C@@H]1[C@H]2CC[C@@H](C[C@H]1OC(=O)c1ccc(C)cc1)N2. The molecule has 4 atom stereocenters. The number of fused-ring (bicyclic) bond motifs is 2. The van der Waals surface area contributed by atoms with Crippen LogP contribution in [0.3, 0.4) is 0 Å². The summed E-state index contributed by atoms with van der Waals surface area (Å²) in [6.07, 6.45) is 2.17. The van der Waals surface area contributed by atoms with Crippen molar-refractivity contribution in [1.82, 2.24) is 5.32 Å². The number of nitrogens with one attached hydrogen (secondary N) is 1. The summed E-state index contributed by atoms with van der Waals surface area (Å²) in [6.45, 7) is 1.97. The van der Waals surface area contributed by atoms with Crippen molar-refractivity contribution in [2.24, 2.45) is 5.92 Å². The Hall–Kier alpha value is -1.88.